The van der Waals surface area contributed by atoms with Crippen LogP contribution in [0.2, 0.25) is 0 Å². The molecule has 2 aromatic heterocycles. The molecule has 6 rings (SSSR count). The van der Waals surface area contributed by atoms with Crippen LogP contribution >= 0.6 is 0 Å². The first-order valence-electron chi connectivity index (χ1n) is 11.2. The largest absolute Gasteiger partial charge is 0.497 e. The maximum atomic E-state index is 5.50. The van der Waals surface area contributed by atoms with Crippen LogP contribution in [0.25, 0.3) is 39.3 Å². The Bertz CT molecular complexity index is 1420. The smallest absolute Gasteiger partial charge is 0.235 e. The maximum Gasteiger partial charge on any atom is 0.235 e. The van der Waals surface area contributed by atoms with E-state index in [1.54, 1.807) is 7.11 Å². The van der Waals surface area contributed by atoms with Crippen molar-refractivity contribution in [1.29, 1.82) is 0 Å². The van der Waals surface area contributed by atoms with Gasteiger partial charge in [0.05, 0.1) is 42.7 Å². The first-order chi connectivity index (χ1) is 16.3. The molecule has 5 aromatic rings. The van der Waals surface area contributed by atoms with Gasteiger partial charge in [-0.25, -0.2) is 9.97 Å². The molecule has 0 spiro atoms. The fourth-order valence-electron chi connectivity index (χ4n) is 4.45. The summed E-state index contributed by atoms with van der Waals surface area (Å²) < 4.78 is 13.0. The number of aromatic nitrogens is 3. The molecule has 3 heterocycles. The Morgan fingerprint density at radius 1 is 0.818 bits per heavy atom. The highest BCUT2D eigenvalue weighted by Crippen LogP contribution is 2.31. The second kappa shape index (κ2) is 8.22. The number of methoxy groups -OCH3 is 1. The fourth-order valence-corrected chi connectivity index (χ4v) is 4.45. The van der Waals surface area contributed by atoms with E-state index >= 15 is 0 Å². The van der Waals surface area contributed by atoms with Gasteiger partial charge in [0.25, 0.3) is 0 Å². The number of nitrogens with zero attached hydrogens (tertiary/aromatic N) is 4. The lowest BCUT2D eigenvalue weighted by molar-refractivity contribution is 0.122. The van der Waals surface area contributed by atoms with Crippen LogP contribution in [-0.4, -0.2) is 47.8 Å². The van der Waals surface area contributed by atoms with Crippen LogP contribution in [0, 0.1) is 0 Å². The van der Waals surface area contributed by atoms with Crippen molar-refractivity contribution < 1.29 is 9.47 Å². The number of anilines is 1. The van der Waals surface area contributed by atoms with Gasteiger partial charge in [0.15, 0.2) is 0 Å². The summed E-state index contributed by atoms with van der Waals surface area (Å²) in [5.41, 5.74) is 7.30. The van der Waals surface area contributed by atoms with E-state index in [4.69, 9.17) is 19.4 Å². The van der Waals surface area contributed by atoms with E-state index in [-0.39, 0.29) is 0 Å². The summed E-state index contributed by atoms with van der Waals surface area (Å²) in [6, 6.07) is 27.1. The highest BCUT2D eigenvalue weighted by atomic mass is 16.5. The van der Waals surface area contributed by atoms with Gasteiger partial charge in [0.1, 0.15) is 5.75 Å². The normalized spacial score (nSPS) is 14.2. The van der Waals surface area contributed by atoms with E-state index in [2.05, 4.69) is 45.7 Å². The van der Waals surface area contributed by atoms with Crippen molar-refractivity contribution in [2.45, 2.75) is 0 Å². The van der Waals surface area contributed by atoms with E-state index in [1.807, 2.05) is 42.5 Å². The van der Waals surface area contributed by atoms with Crippen molar-refractivity contribution in [3.05, 3.63) is 78.9 Å². The number of fused-ring (bicyclic) bond motifs is 3. The molecule has 1 saturated heterocycles. The minimum atomic E-state index is 0.691. The lowest BCUT2D eigenvalue weighted by Crippen LogP contribution is -2.36. The van der Waals surface area contributed by atoms with Gasteiger partial charge in [-0.1, -0.05) is 24.3 Å². The summed E-state index contributed by atoms with van der Waals surface area (Å²) in [5.74, 6) is 1.52. The molecular weight excluding hydrogens is 412 g/mol. The van der Waals surface area contributed by atoms with Gasteiger partial charge in [-0.3, -0.25) is 4.40 Å². The number of imidazole rings is 1. The first-order valence-corrected chi connectivity index (χ1v) is 11.2. The molecule has 6 nitrogen and oxygen atoms in total. The van der Waals surface area contributed by atoms with Gasteiger partial charge in [-0.2, -0.15) is 0 Å². The van der Waals surface area contributed by atoms with Gasteiger partial charge >= 0.3 is 0 Å². The van der Waals surface area contributed by atoms with Crippen molar-refractivity contribution in [2.75, 3.05) is 38.3 Å². The van der Waals surface area contributed by atoms with Crippen molar-refractivity contribution in [3.8, 4) is 28.3 Å². The topological polar surface area (TPSA) is 51.9 Å². The van der Waals surface area contributed by atoms with Crippen LogP contribution in [0.1, 0.15) is 0 Å². The van der Waals surface area contributed by atoms with Gasteiger partial charge < -0.3 is 14.4 Å². The second-order valence-electron chi connectivity index (χ2n) is 8.14. The standard InChI is InChI=1S/C27H24N4O2/c1-32-22-12-8-19(9-13-22)24-18-26(31-25-5-3-2-4-23(25)28-27(31)29-24)20-6-10-21(11-7-20)30-14-16-33-17-15-30/h2-13,18H,14-17H2,1H3. The molecular formula is C27H24N4O2. The molecule has 0 N–H and O–H groups in total. The Hall–Kier alpha value is -3.90. The number of benzene rings is 3. The minimum Gasteiger partial charge on any atom is -0.497 e. The summed E-state index contributed by atoms with van der Waals surface area (Å²) in [6.07, 6.45) is 0. The van der Waals surface area contributed by atoms with Crippen LogP contribution in [0.4, 0.5) is 5.69 Å². The number of ether oxygens (including phenoxy) is 2. The summed E-state index contributed by atoms with van der Waals surface area (Å²) in [4.78, 5) is 12.1. The minimum absolute atomic E-state index is 0.691. The summed E-state index contributed by atoms with van der Waals surface area (Å²) in [6.45, 7) is 3.40. The van der Waals surface area contributed by atoms with Gasteiger partial charge in [0, 0.05) is 24.3 Å². The third-order valence-corrected chi connectivity index (χ3v) is 6.20. The predicted molar refractivity (Wildman–Crippen MR) is 131 cm³/mol. The van der Waals surface area contributed by atoms with Gasteiger partial charge in [0.2, 0.25) is 5.78 Å². The lowest BCUT2D eigenvalue weighted by atomic mass is 10.1. The zero-order valence-corrected chi connectivity index (χ0v) is 18.4. The van der Waals surface area contributed by atoms with E-state index in [0.717, 1.165) is 65.6 Å². The maximum absolute atomic E-state index is 5.50. The Balaban J connectivity index is 1.51. The third kappa shape index (κ3) is 3.58. The average Bonchev–Trinajstić information content (AvgIpc) is 3.27. The fraction of sp³-hybridized carbons (Fsp3) is 0.185. The number of morpholine rings is 1. The average molecular weight is 437 g/mol. The summed E-state index contributed by atoms with van der Waals surface area (Å²) in [7, 11) is 1.67. The molecule has 0 atom stereocenters. The summed E-state index contributed by atoms with van der Waals surface area (Å²) >= 11 is 0. The molecule has 0 amide bonds. The molecule has 0 saturated carbocycles. The van der Waals surface area contributed by atoms with E-state index < -0.39 is 0 Å². The third-order valence-electron chi connectivity index (χ3n) is 6.20. The molecule has 1 fully saturated rings. The van der Waals surface area contributed by atoms with Crippen LogP contribution in [0.15, 0.2) is 78.9 Å². The number of rotatable bonds is 4. The predicted octanol–water partition coefficient (Wildman–Crippen LogP) is 5.06. The molecule has 0 radical (unpaired) electrons. The molecule has 6 heteroatoms. The molecule has 1 aliphatic rings. The monoisotopic (exact) mass is 436 g/mol. The molecule has 0 aliphatic carbocycles. The van der Waals surface area contributed by atoms with Crippen LogP contribution in [0.3, 0.4) is 0 Å². The zero-order valence-electron chi connectivity index (χ0n) is 18.4. The number of para-hydroxylation sites is 2. The molecule has 164 valence electrons. The molecule has 3 aromatic carbocycles. The van der Waals surface area contributed by atoms with Crippen molar-refractivity contribution in [2.24, 2.45) is 0 Å². The Morgan fingerprint density at radius 2 is 1.55 bits per heavy atom. The Labute approximate surface area is 192 Å². The van der Waals surface area contributed by atoms with E-state index in [9.17, 15) is 0 Å². The number of hydrogen-bond donors (Lipinski definition) is 0. The van der Waals surface area contributed by atoms with E-state index in [1.165, 1.54) is 5.69 Å². The molecule has 1 aliphatic heterocycles. The molecule has 0 bridgehead atoms. The van der Waals surface area contributed by atoms with Crippen molar-refractivity contribution >= 4 is 22.5 Å². The Kier molecular flexibility index (Phi) is 4.92. The quantitative estimate of drug-likeness (QED) is 0.394. The highest BCUT2D eigenvalue weighted by molar-refractivity contribution is 5.84. The summed E-state index contributed by atoms with van der Waals surface area (Å²) in [5, 5.41) is 0. The van der Waals surface area contributed by atoms with E-state index in [0.29, 0.717) is 5.78 Å². The second-order valence-corrected chi connectivity index (χ2v) is 8.14. The van der Waals surface area contributed by atoms with Crippen LogP contribution in [-0.2, 0) is 4.74 Å². The van der Waals surface area contributed by atoms with Gasteiger partial charge in [-0.15, -0.1) is 0 Å². The molecule has 0 unspecified atom stereocenters. The van der Waals surface area contributed by atoms with Crippen molar-refractivity contribution in [3.63, 3.8) is 0 Å². The van der Waals surface area contributed by atoms with Crippen LogP contribution in [0.5, 0.6) is 5.75 Å². The first kappa shape index (κ1) is 19.8. The number of hydrogen-bond acceptors (Lipinski definition) is 5. The SMILES string of the molecule is COc1ccc(-c2cc(-c3ccc(N4CCOCC4)cc3)n3c(n2)nc2ccccc23)cc1. The molecule has 33 heavy (non-hydrogen) atoms. The Morgan fingerprint density at radius 3 is 2.30 bits per heavy atom. The zero-order chi connectivity index (χ0) is 22.2. The van der Waals surface area contributed by atoms with Crippen molar-refractivity contribution in [1.82, 2.24) is 14.4 Å². The highest BCUT2D eigenvalue weighted by Gasteiger charge is 2.16. The van der Waals surface area contributed by atoms with Gasteiger partial charge in [-0.05, 0) is 60.2 Å². The lowest BCUT2D eigenvalue weighted by Gasteiger charge is -2.29. The van der Waals surface area contributed by atoms with Crippen LogP contribution < -0.4 is 9.64 Å².